The third kappa shape index (κ3) is 3.50. The molecule has 20 heavy (non-hydrogen) atoms. The second-order valence-corrected chi connectivity index (χ2v) is 7.27. The number of aliphatic hydroxyl groups is 1. The summed E-state index contributed by atoms with van der Waals surface area (Å²) in [6.07, 6.45) is 0.418. The first kappa shape index (κ1) is 15.7. The van der Waals surface area contributed by atoms with Crippen LogP contribution in [0.25, 0.3) is 0 Å². The molecule has 1 aliphatic rings. The molecule has 0 amide bonds. The first-order chi connectivity index (χ1) is 9.36. The Kier molecular flexibility index (Phi) is 4.70. The first-order valence-electron chi connectivity index (χ1n) is 6.00. The third-order valence-electron chi connectivity index (χ3n) is 3.11. The van der Waals surface area contributed by atoms with Gasteiger partial charge in [-0.15, -0.1) is 0 Å². The molecule has 1 fully saturated rings. The molecule has 1 unspecified atom stereocenters. The van der Waals surface area contributed by atoms with E-state index >= 15 is 0 Å². The number of hydrogen-bond acceptors (Lipinski definition) is 5. The van der Waals surface area contributed by atoms with Gasteiger partial charge in [0, 0.05) is 19.6 Å². The summed E-state index contributed by atoms with van der Waals surface area (Å²) in [5.74, 6) is 0.548. The Morgan fingerprint density at radius 1 is 1.55 bits per heavy atom. The molecule has 0 saturated carbocycles. The van der Waals surface area contributed by atoms with Crippen molar-refractivity contribution in [3.05, 3.63) is 22.7 Å². The van der Waals surface area contributed by atoms with Crippen molar-refractivity contribution in [3.63, 3.8) is 0 Å². The van der Waals surface area contributed by atoms with Crippen LogP contribution < -0.4 is 9.46 Å². The zero-order chi connectivity index (χ0) is 14.8. The van der Waals surface area contributed by atoms with Crippen molar-refractivity contribution in [2.45, 2.75) is 16.9 Å². The van der Waals surface area contributed by atoms with E-state index in [0.29, 0.717) is 23.2 Å². The summed E-state index contributed by atoms with van der Waals surface area (Å²) < 4.78 is 37.4. The number of methoxy groups -OCH3 is 1. The lowest BCUT2D eigenvalue weighted by Gasteiger charge is -2.20. The van der Waals surface area contributed by atoms with Crippen molar-refractivity contribution >= 4 is 26.0 Å². The molecule has 112 valence electrons. The lowest BCUT2D eigenvalue weighted by molar-refractivity contribution is 0.0314. The summed E-state index contributed by atoms with van der Waals surface area (Å²) in [5.41, 5.74) is -1.13. The topological polar surface area (TPSA) is 84.9 Å². The van der Waals surface area contributed by atoms with E-state index in [1.54, 1.807) is 6.07 Å². The summed E-state index contributed by atoms with van der Waals surface area (Å²) in [7, 11) is -2.18. The quantitative estimate of drug-likeness (QED) is 0.809. The van der Waals surface area contributed by atoms with Gasteiger partial charge < -0.3 is 14.6 Å². The Morgan fingerprint density at radius 3 is 2.85 bits per heavy atom. The zero-order valence-corrected chi connectivity index (χ0v) is 13.3. The van der Waals surface area contributed by atoms with Crippen LogP contribution in [0.3, 0.4) is 0 Å². The highest BCUT2D eigenvalue weighted by Crippen LogP contribution is 2.27. The van der Waals surface area contributed by atoms with E-state index in [-0.39, 0.29) is 18.0 Å². The standard InChI is InChI=1S/C12H16BrNO5S/c1-18-11-3-2-9(6-10(11)13)20(16,17)14-7-12(15)4-5-19-8-12/h2-3,6,14-15H,4-5,7-8H2,1H3. The molecule has 0 aliphatic carbocycles. The molecule has 6 nitrogen and oxygen atoms in total. The second kappa shape index (κ2) is 5.98. The van der Waals surface area contributed by atoms with Gasteiger partial charge in [-0.1, -0.05) is 0 Å². The third-order valence-corrected chi connectivity index (χ3v) is 5.13. The van der Waals surface area contributed by atoms with E-state index in [4.69, 9.17) is 9.47 Å². The van der Waals surface area contributed by atoms with Gasteiger partial charge in [0.2, 0.25) is 10.0 Å². The molecule has 1 aromatic carbocycles. The highest BCUT2D eigenvalue weighted by molar-refractivity contribution is 9.10. The molecule has 1 aromatic rings. The van der Waals surface area contributed by atoms with Crippen molar-refractivity contribution in [1.29, 1.82) is 0 Å². The lowest BCUT2D eigenvalue weighted by Crippen LogP contribution is -2.43. The number of nitrogens with one attached hydrogen (secondary N) is 1. The SMILES string of the molecule is COc1ccc(S(=O)(=O)NCC2(O)CCOC2)cc1Br. The molecule has 1 heterocycles. The van der Waals surface area contributed by atoms with Gasteiger partial charge in [0.15, 0.2) is 0 Å². The van der Waals surface area contributed by atoms with E-state index in [1.807, 2.05) is 0 Å². The molecule has 2 N–H and O–H groups in total. The van der Waals surface area contributed by atoms with Crippen LogP contribution in [-0.2, 0) is 14.8 Å². The number of benzene rings is 1. The van der Waals surface area contributed by atoms with E-state index in [9.17, 15) is 13.5 Å². The van der Waals surface area contributed by atoms with E-state index in [2.05, 4.69) is 20.7 Å². The fraction of sp³-hybridized carbons (Fsp3) is 0.500. The Balaban J connectivity index is 2.12. The average molecular weight is 366 g/mol. The van der Waals surface area contributed by atoms with Crippen LogP contribution in [0.1, 0.15) is 6.42 Å². The van der Waals surface area contributed by atoms with Crippen LogP contribution in [-0.4, -0.2) is 46.0 Å². The van der Waals surface area contributed by atoms with E-state index in [1.165, 1.54) is 19.2 Å². The molecule has 2 rings (SSSR count). The molecule has 0 radical (unpaired) electrons. The van der Waals surface area contributed by atoms with Gasteiger partial charge >= 0.3 is 0 Å². The van der Waals surface area contributed by atoms with Crippen LogP contribution in [0.15, 0.2) is 27.6 Å². The van der Waals surface area contributed by atoms with Gasteiger partial charge in [-0.05, 0) is 34.1 Å². The van der Waals surface area contributed by atoms with Gasteiger partial charge in [0.1, 0.15) is 11.4 Å². The van der Waals surface area contributed by atoms with Crippen molar-refractivity contribution in [1.82, 2.24) is 4.72 Å². The second-order valence-electron chi connectivity index (χ2n) is 4.65. The van der Waals surface area contributed by atoms with Crippen LogP contribution in [0, 0.1) is 0 Å². The highest BCUT2D eigenvalue weighted by Gasteiger charge is 2.33. The maximum Gasteiger partial charge on any atom is 0.240 e. The van der Waals surface area contributed by atoms with Crippen LogP contribution in [0.2, 0.25) is 0 Å². The summed E-state index contributed by atoms with van der Waals surface area (Å²) in [5, 5.41) is 10.1. The van der Waals surface area contributed by atoms with Crippen molar-refractivity contribution < 1.29 is 23.0 Å². The predicted molar refractivity (Wildman–Crippen MR) is 76.3 cm³/mol. The predicted octanol–water partition coefficient (Wildman–Crippen LogP) is 0.887. The highest BCUT2D eigenvalue weighted by atomic mass is 79.9. The average Bonchev–Trinajstić information content (AvgIpc) is 2.84. The monoisotopic (exact) mass is 365 g/mol. The number of rotatable bonds is 5. The Morgan fingerprint density at radius 2 is 2.30 bits per heavy atom. The number of halogens is 1. The normalized spacial score (nSPS) is 22.9. The van der Waals surface area contributed by atoms with E-state index < -0.39 is 15.6 Å². The molecule has 0 spiro atoms. The Bertz CT molecular complexity index is 584. The fourth-order valence-corrected chi connectivity index (χ4v) is 3.70. The molecular formula is C12H16BrNO5S. The molecule has 8 heteroatoms. The van der Waals surface area contributed by atoms with Gasteiger partial charge in [0.25, 0.3) is 0 Å². The Labute approximate surface area is 126 Å². The molecular weight excluding hydrogens is 350 g/mol. The van der Waals surface area contributed by atoms with Crippen molar-refractivity contribution in [3.8, 4) is 5.75 Å². The summed E-state index contributed by atoms with van der Waals surface area (Å²) in [6.45, 7) is 0.507. The summed E-state index contributed by atoms with van der Waals surface area (Å²) in [4.78, 5) is 0.104. The maximum atomic E-state index is 12.2. The van der Waals surface area contributed by atoms with Crippen molar-refractivity contribution in [2.75, 3.05) is 26.9 Å². The minimum atomic E-state index is -3.68. The molecule has 1 aliphatic heterocycles. The molecule has 1 atom stereocenters. The number of hydrogen-bond donors (Lipinski definition) is 2. The minimum absolute atomic E-state index is 0.0705. The van der Waals surface area contributed by atoms with Crippen LogP contribution >= 0.6 is 15.9 Å². The minimum Gasteiger partial charge on any atom is -0.496 e. The molecule has 1 saturated heterocycles. The van der Waals surface area contributed by atoms with Gasteiger partial charge in [-0.25, -0.2) is 13.1 Å². The van der Waals surface area contributed by atoms with Crippen LogP contribution in [0.5, 0.6) is 5.75 Å². The maximum absolute atomic E-state index is 12.2. The van der Waals surface area contributed by atoms with Gasteiger partial charge in [-0.3, -0.25) is 0 Å². The smallest absolute Gasteiger partial charge is 0.240 e. The molecule has 0 bridgehead atoms. The zero-order valence-electron chi connectivity index (χ0n) is 10.9. The van der Waals surface area contributed by atoms with Gasteiger partial charge in [-0.2, -0.15) is 0 Å². The lowest BCUT2D eigenvalue weighted by atomic mass is 10.1. The van der Waals surface area contributed by atoms with E-state index in [0.717, 1.165) is 0 Å². The first-order valence-corrected chi connectivity index (χ1v) is 8.27. The Hall–Kier alpha value is -0.670. The van der Waals surface area contributed by atoms with Gasteiger partial charge in [0.05, 0.1) is 23.1 Å². The number of ether oxygens (including phenoxy) is 2. The summed E-state index contributed by atoms with van der Waals surface area (Å²) in [6, 6.07) is 4.46. The largest absolute Gasteiger partial charge is 0.496 e. The van der Waals surface area contributed by atoms with Crippen molar-refractivity contribution in [2.24, 2.45) is 0 Å². The fourth-order valence-electron chi connectivity index (χ4n) is 1.86. The number of sulfonamides is 1. The molecule has 0 aromatic heterocycles. The van der Waals surface area contributed by atoms with Crippen LogP contribution in [0.4, 0.5) is 0 Å². The summed E-state index contributed by atoms with van der Waals surface area (Å²) >= 11 is 3.24.